The molecule has 0 aliphatic heterocycles. The van der Waals surface area contributed by atoms with Crippen LogP contribution >= 0.6 is 22.7 Å². The van der Waals surface area contributed by atoms with E-state index in [1.54, 1.807) is 26.4 Å². The van der Waals surface area contributed by atoms with Crippen molar-refractivity contribution in [3.05, 3.63) is 45.5 Å². The van der Waals surface area contributed by atoms with Gasteiger partial charge in [0.25, 0.3) is 0 Å². The van der Waals surface area contributed by atoms with Crippen LogP contribution < -0.4 is 14.8 Å². The highest BCUT2D eigenvalue weighted by Gasteiger charge is 2.14. The minimum atomic E-state index is -0.285. The minimum absolute atomic E-state index is 0.0358. The second-order valence-electron chi connectivity index (χ2n) is 7.03. The van der Waals surface area contributed by atoms with Gasteiger partial charge < -0.3 is 14.8 Å². The maximum Gasteiger partial charge on any atom is 0.226 e. The van der Waals surface area contributed by atoms with Gasteiger partial charge in [0.05, 0.1) is 24.8 Å². The number of thiophene rings is 1. The average molecular weight is 473 g/mol. The van der Waals surface area contributed by atoms with Crippen molar-refractivity contribution < 1.29 is 23.9 Å². The minimum Gasteiger partial charge on any atom is -0.493 e. The molecule has 0 atom stereocenters. The van der Waals surface area contributed by atoms with Crippen LogP contribution in [0.5, 0.6) is 11.5 Å². The van der Waals surface area contributed by atoms with Crippen molar-refractivity contribution in [2.75, 3.05) is 19.5 Å². The molecule has 3 rings (SSSR count). The largest absolute Gasteiger partial charge is 0.493 e. The lowest BCUT2D eigenvalue weighted by molar-refractivity contribution is -0.122. The zero-order valence-electron chi connectivity index (χ0n) is 18.1. The number of amides is 1. The summed E-state index contributed by atoms with van der Waals surface area (Å²) in [5.74, 6) is 0.789. The summed E-state index contributed by atoms with van der Waals surface area (Å²) in [6.45, 7) is 1.93. The topological polar surface area (TPSA) is 94.6 Å². The lowest BCUT2D eigenvalue weighted by atomic mass is 10.1. The lowest BCUT2D eigenvalue weighted by Crippen LogP contribution is -2.13. The SMILES string of the molecule is COc1ccc(-c2csc(NC(=O)CCC(=O)CCC(=O)c3ccc(C)s3)n2)cc1OC. The van der Waals surface area contributed by atoms with Gasteiger partial charge in [-0.3, -0.25) is 14.4 Å². The number of carbonyl (C=O) groups excluding carboxylic acids is 3. The molecule has 0 unspecified atom stereocenters. The summed E-state index contributed by atoms with van der Waals surface area (Å²) in [6.07, 6.45) is 0.457. The van der Waals surface area contributed by atoms with E-state index in [1.165, 1.54) is 22.7 Å². The standard InChI is InChI=1S/C23H24N2O5S2/c1-14-4-10-21(32-14)18(27)8-6-16(26)7-11-22(28)25-23-24-17(13-31-23)15-5-9-19(29-2)20(12-15)30-3/h4-5,9-10,12-13H,6-8,11H2,1-3H3,(H,24,25,28). The Morgan fingerprint density at radius 3 is 2.41 bits per heavy atom. The molecule has 32 heavy (non-hydrogen) atoms. The first-order chi connectivity index (χ1) is 15.4. The van der Waals surface area contributed by atoms with Gasteiger partial charge in [-0.2, -0.15) is 0 Å². The van der Waals surface area contributed by atoms with Gasteiger partial charge in [-0.05, 0) is 37.3 Å². The van der Waals surface area contributed by atoms with E-state index >= 15 is 0 Å². The molecule has 1 amide bonds. The molecule has 1 N–H and O–H groups in total. The molecule has 168 valence electrons. The molecule has 2 aromatic heterocycles. The number of thiazole rings is 1. The molecule has 0 aliphatic carbocycles. The smallest absolute Gasteiger partial charge is 0.226 e. The predicted molar refractivity (Wildman–Crippen MR) is 126 cm³/mol. The number of aromatic nitrogens is 1. The summed E-state index contributed by atoms with van der Waals surface area (Å²) >= 11 is 2.73. The monoisotopic (exact) mass is 472 g/mol. The number of methoxy groups -OCH3 is 2. The van der Waals surface area contributed by atoms with Crippen LogP contribution in [0.2, 0.25) is 0 Å². The van der Waals surface area contributed by atoms with Crippen LogP contribution in [0, 0.1) is 6.92 Å². The Labute approximate surface area is 194 Å². The Bertz CT molecular complexity index is 1120. The van der Waals surface area contributed by atoms with Gasteiger partial charge in [-0.1, -0.05) is 0 Å². The summed E-state index contributed by atoms with van der Waals surface area (Å²) in [7, 11) is 3.13. The van der Waals surface area contributed by atoms with Gasteiger partial charge >= 0.3 is 0 Å². The molecule has 0 aliphatic rings. The van der Waals surface area contributed by atoms with Gasteiger partial charge in [-0.15, -0.1) is 22.7 Å². The third-order valence-electron chi connectivity index (χ3n) is 4.71. The van der Waals surface area contributed by atoms with E-state index in [4.69, 9.17) is 9.47 Å². The number of hydrogen-bond donors (Lipinski definition) is 1. The van der Waals surface area contributed by atoms with Crippen LogP contribution in [0.25, 0.3) is 11.3 Å². The van der Waals surface area contributed by atoms with Crippen molar-refractivity contribution in [2.45, 2.75) is 32.6 Å². The summed E-state index contributed by atoms with van der Waals surface area (Å²) < 4.78 is 10.6. The molecule has 0 radical (unpaired) electrons. The van der Waals surface area contributed by atoms with Crippen molar-refractivity contribution in [3.63, 3.8) is 0 Å². The van der Waals surface area contributed by atoms with Crippen molar-refractivity contribution in [2.24, 2.45) is 0 Å². The van der Waals surface area contributed by atoms with Gasteiger partial charge in [0.2, 0.25) is 5.91 Å². The molecule has 0 spiro atoms. The Hall–Kier alpha value is -3.04. The number of anilines is 1. The predicted octanol–water partition coefficient (Wildman–Crippen LogP) is 5.15. The van der Waals surface area contributed by atoms with E-state index in [2.05, 4.69) is 10.3 Å². The van der Waals surface area contributed by atoms with Crippen molar-refractivity contribution in [1.29, 1.82) is 0 Å². The normalized spacial score (nSPS) is 10.6. The quantitative estimate of drug-likeness (QED) is 0.388. The molecule has 0 fully saturated rings. The molecule has 0 bridgehead atoms. The maximum atomic E-state index is 12.2. The molecule has 7 nitrogen and oxygen atoms in total. The van der Waals surface area contributed by atoms with E-state index in [1.807, 2.05) is 30.5 Å². The first-order valence-electron chi connectivity index (χ1n) is 9.98. The van der Waals surface area contributed by atoms with Crippen LogP contribution in [-0.2, 0) is 9.59 Å². The fourth-order valence-corrected chi connectivity index (χ4v) is 4.55. The number of nitrogens with one attached hydrogen (secondary N) is 1. The first kappa shape index (κ1) is 23.6. The number of Topliss-reactive ketones (excluding diaryl/α,β-unsaturated/α-hetero) is 2. The fourth-order valence-electron chi connectivity index (χ4n) is 2.98. The second-order valence-corrected chi connectivity index (χ2v) is 9.17. The van der Waals surface area contributed by atoms with E-state index < -0.39 is 0 Å². The van der Waals surface area contributed by atoms with Gasteiger partial charge in [0.1, 0.15) is 5.78 Å². The van der Waals surface area contributed by atoms with Crippen LogP contribution in [0.1, 0.15) is 40.2 Å². The average Bonchev–Trinajstić information content (AvgIpc) is 3.44. The Morgan fingerprint density at radius 2 is 1.72 bits per heavy atom. The first-order valence-corrected chi connectivity index (χ1v) is 11.7. The summed E-state index contributed by atoms with van der Waals surface area (Å²) in [5, 5.41) is 5.01. The molecule has 1 aromatic carbocycles. The van der Waals surface area contributed by atoms with E-state index in [0.29, 0.717) is 27.2 Å². The van der Waals surface area contributed by atoms with Crippen LogP contribution in [0.15, 0.2) is 35.7 Å². The maximum absolute atomic E-state index is 12.2. The van der Waals surface area contributed by atoms with Gasteiger partial charge in [0.15, 0.2) is 22.4 Å². The van der Waals surface area contributed by atoms with Gasteiger partial charge in [0, 0.05) is 41.5 Å². The van der Waals surface area contributed by atoms with Crippen LogP contribution in [0.4, 0.5) is 5.13 Å². The van der Waals surface area contributed by atoms with Gasteiger partial charge in [-0.25, -0.2) is 4.98 Å². The van der Waals surface area contributed by atoms with Crippen molar-refractivity contribution in [3.8, 4) is 22.8 Å². The molecule has 0 saturated carbocycles. The molecular formula is C23H24N2O5S2. The van der Waals surface area contributed by atoms with Crippen molar-refractivity contribution >= 4 is 45.3 Å². The summed E-state index contributed by atoms with van der Waals surface area (Å²) in [4.78, 5) is 42.6. The molecule has 2 heterocycles. The van der Waals surface area contributed by atoms with E-state index in [0.717, 1.165) is 10.4 Å². The molecule has 3 aromatic rings. The highest BCUT2D eigenvalue weighted by Crippen LogP contribution is 2.33. The Kier molecular flexibility index (Phi) is 8.13. The number of rotatable bonds is 11. The highest BCUT2D eigenvalue weighted by molar-refractivity contribution is 7.14. The third-order valence-corrected chi connectivity index (χ3v) is 6.51. The number of ether oxygens (including phenoxy) is 2. The second kappa shape index (κ2) is 11.0. The summed E-state index contributed by atoms with van der Waals surface area (Å²) in [6, 6.07) is 9.14. The number of hydrogen-bond acceptors (Lipinski definition) is 8. The number of ketones is 2. The Morgan fingerprint density at radius 1 is 0.969 bits per heavy atom. The van der Waals surface area contributed by atoms with E-state index in [-0.39, 0.29) is 43.2 Å². The van der Waals surface area contributed by atoms with Crippen LogP contribution in [0.3, 0.4) is 0 Å². The molecule has 0 saturated heterocycles. The molecule has 9 heteroatoms. The number of aryl methyl sites for hydroxylation is 1. The van der Waals surface area contributed by atoms with E-state index in [9.17, 15) is 14.4 Å². The number of nitrogens with zero attached hydrogens (tertiary/aromatic N) is 1. The van der Waals surface area contributed by atoms with Crippen molar-refractivity contribution in [1.82, 2.24) is 4.98 Å². The lowest BCUT2D eigenvalue weighted by Gasteiger charge is -2.08. The zero-order chi connectivity index (χ0) is 23.1. The number of benzene rings is 1. The zero-order valence-corrected chi connectivity index (χ0v) is 19.7. The fraction of sp³-hybridized carbons (Fsp3) is 0.304. The third kappa shape index (κ3) is 6.24. The van der Waals surface area contributed by atoms with Crippen LogP contribution in [-0.4, -0.2) is 36.7 Å². The summed E-state index contributed by atoms with van der Waals surface area (Å²) in [5.41, 5.74) is 1.53. The Balaban J connectivity index is 1.47. The molecular weight excluding hydrogens is 448 g/mol. The highest BCUT2D eigenvalue weighted by atomic mass is 32.1. The number of carbonyl (C=O) groups is 3.